The van der Waals surface area contributed by atoms with Crippen molar-refractivity contribution in [3.05, 3.63) is 208 Å². The van der Waals surface area contributed by atoms with E-state index in [0.29, 0.717) is 192 Å². The molecule has 8 saturated heterocycles. The fraction of sp³-hybridized carbons (Fsp3) is 0.622. The van der Waals surface area contributed by atoms with Gasteiger partial charge in [0, 0.05) is 17.8 Å². The Morgan fingerprint density at radius 2 is 0.648 bits per heavy atom. The Bertz CT molecular complexity index is 6290. The summed E-state index contributed by atoms with van der Waals surface area (Å²) < 4.78 is 223. The second-order valence-corrected chi connectivity index (χ2v) is 54.5. The van der Waals surface area contributed by atoms with Crippen LogP contribution in [0.3, 0.4) is 0 Å². The molecule has 0 spiro atoms. The van der Waals surface area contributed by atoms with Crippen molar-refractivity contribution in [2.45, 2.75) is 388 Å². The fourth-order valence-electron chi connectivity index (χ4n) is 25.9. The molecule has 25 nitrogen and oxygen atoms in total. The summed E-state index contributed by atoms with van der Waals surface area (Å²) in [7, 11) is -21.9. The van der Waals surface area contributed by atoms with E-state index in [1.165, 1.54) is 45.4 Å². The van der Waals surface area contributed by atoms with Crippen LogP contribution < -0.4 is 25.1 Å². The Hall–Kier alpha value is -7.24. The molecule has 772 valence electrons. The molecule has 35 unspecified atom stereocenters. The van der Waals surface area contributed by atoms with E-state index in [2.05, 4.69) is 83.1 Å². The average molecular weight is 2070 g/mol. The number of fused-ring (bicyclic) bond motifs is 29. The quantitative estimate of drug-likeness (QED) is 0.0298. The SMILES string of the molecule is CCC(C)c1ccc(OS(=O)(=O)C2CC3CC2C2OC32)cc1.CCC(C)c1ccc(OS(=O)(=O)C2CC3CCC2O3)cc1.CCC(C)c1ccc(OS(=O)(=O)C2CC3OC3C3OC32)cc1.CCC(C)c1ccc(OS(=O)(=O)C2CCC3C(C2)C2CC3C3OC23)cc1.CCC(C)c1ccc(OS(=O)(=O)C2CCC3C(CCC4OC43)C2)cc1.CCC(C)c1ccc(OS(=O)(=O)c2ccc3c(c2)C2CC3C3OC23)cc1. The summed E-state index contributed by atoms with van der Waals surface area (Å²) in [6.45, 7) is 25.8. The highest BCUT2D eigenvalue weighted by molar-refractivity contribution is 7.89. The van der Waals surface area contributed by atoms with E-state index in [1.54, 1.807) is 84.9 Å². The van der Waals surface area contributed by atoms with Crippen LogP contribution in [0.5, 0.6) is 34.5 Å². The second-order valence-electron chi connectivity index (χ2n) is 44.1. The lowest BCUT2D eigenvalue weighted by Gasteiger charge is -2.36. The molecule has 8 aliphatic heterocycles. The van der Waals surface area contributed by atoms with Gasteiger partial charge < -0.3 is 58.3 Å². The van der Waals surface area contributed by atoms with Crippen molar-refractivity contribution < 1.29 is 109 Å². The Labute approximate surface area is 841 Å². The Morgan fingerprint density at radius 3 is 1.10 bits per heavy atom. The summed E-state index contributed by atoms with van der Waals surface area (Å²) >= 11 is 0. The molecule has 31 heteroatoms. The third-order valence-electron chi connectivity index (χ3n) is 35.8. The van der Waals surface area contributed by atoms with Crippen LogP contribution in [0.2, 0.25) is 0 Å². The standard InChI is InChI=1S/C21H28O4S.C21H22O4S.C20H28O4S.C17H22O4S.C16H20O5S.C16H22O4S/c2*1-3-12(2)13-4-6-14(7-5-13)25-26(22,23)15-8-9-16-17(10-15)19-11-18(16)20-21(19)24-20;1-3-13(2)14-4-7-16(8-5-14)24-25(21,22)17-9-10-18-15(12-17)6-11-19-20(18)23-19;1-3-10(2)11-4-6-13(7-5-11)21-22(18,19)15-9-12-8-14(15)17-16(12)20-17;1-3-9(2)10-4-6-11(7-5-10)21-22(17,18)13-8-12-14(19-12)16-15(13)20-16;1-3-11(2)12-4-6-13(7-5-12)20-21(17,18)16-10-14-8-9-15(16)19-14/h4-7,12,15-21H,3,8-11H2,1-2H3;4-10,12,18-21H,3,11H2,1-2H3;4-5,7-8,13,15,17-20H,3,6,9-12H2,1-2H3;4-7,10,12,14-17H,3,8-9H2,1-2H3;4-7,9,12-16H,3,8H2,1-2H3;4-7,11,14-16H,3,8-10H2,1-2H3. The molecule has 35 atom stereocenters. The van der Waals surface area contributed by atoms with Crippen molar-refractivity contribution in [2.75, 3.05) is 0 Å². The topological polar surface area (TPSA) is 345 Å². The van der Waals surface area contributed by atoms with Gasteiger partial charge in [-0.05, 0) is 348 Å². The third kappa shape index (κ3) is 21.5. The molecular formula is C111H142O25S6. The van der Waals surface area contributed by atoms with Gasteiger partial charge in [0.15, 0.2) is 0 Å². The molecule has 7 aromatic rings. The summed E-state index contributed by atoms with van der Waals surface area (Å²) in [5, 5.41) is -2.26. The van der Waals surface area contributed by atoms with Crippen LogP contribution in [-0.4, -0.2) is 162 Å². The van der Waals surface area contributed by atoms with Gasteiger partial charge in [0.25, 0.3) is 0 Å². The monoisotopic (exact) mass is 2070 g/mol. The first kappa shape index (κ1) is 102. The molecule has 17 fully saturated rings. The highest BCUT2D eigenvalue weighted by Gasteiger charge is 2.71. The summed E-state index contributed by atoms with van der Waals surface area (Å²) in [6.07, 6.45) is 23.0. The first-order valence-corrected chi connectivity index (χ1v) is 61.6. The van der Waals surface area contributed by atoms with E-state index in [1.807, 2.05) is 78.9 Å². The smallest absolute Gasteiger partial charge is 0.339 e. The van der Waals surface area contributed by atoms with Crippen LogP contribution in [-0.2, 0) is 93.9 Å². The Balaban J connectivity index is 0.000000105. The number of hydrogen-bond acceptors (Lipinski definition) is 25. The molecule has 8 bridgehead atoms. The molecule has 8 heterocycles. The van der Waals surface area contributed by atoms with Crippen molar-refractivity contribution in [3.63, 3.8) is 0 Å². The minimum atomic E-state index is -3.84. The molecule has 0 radical (unpaired) electrons. The lowest BCUT2D eigenvalue weighted by molar-refractivity contribution is 0.105. The van der Waals surface area contributed by atoms with Crippen molar-refractivity contribution in [1.29, 1.82) is 0 Å². The van der Waals surface area contributed by atoms with E-state index >= 15 is 0 Å². The van der Waals surface area contributed by atoms with Gasteiger partial charge in [-0.2, -0.15) is 50.5 Å². The maximum absolute atomic E-state index is 12.9. The molecule has 25 rings (SSSR count). The molecule has 18 aliphatic rings. The molecule has 0 amide bonds. The van der Waals surface area contributed by atoms with Crippen molar-refractivity contribution >= 4 is 60.7 Å². The van der Waals surface area contributed by atoms with Crippen LogP contribution in [0, 0.1) is 47.3 Å². The molecular weight excluding hydrogens is 1930 g/mol. The Kier molecular flexibility index (Phi) is 29.2. The van der Waals surface area contributed by atoms with E-state index < -0.39 is 76.5 Å². The summed E-state index contributed by atoms with van der Waals surface area (Å²) in [5.74, 6) is 10.1. The zero-order valence-corrected chi connectivity index (χ0v) is 88.4. The fourth-order valence-corrected chi connectivity index (χ4v) is 34.3. The maximum atomic E-state index is 12.9. The minimum Gasteiger partial charge on any atom is -0.382 e. The van der Waals surface area contributed by atoms with Gasteiger partial charge in [0.05, 0.1) is 77.6 Å². The van der Waals surface area contributed by atoms with Crippen LogP contribution in [0.1, 0.15) is 316 Å². The van der Waals surface area contributed by atoms with Gasteiger partial charge in [0.2, 0.25) is 0 Å². The predicted octanol–water partition coefficient (Wildman–Crippen LogP) is 21.2. The first-order valence-electron chi connectivity index (χ1n) is 52.8. The van der Waals surface area contributed by atoms with E-state index in [9.17, 15) is 50.5 Å². The predicted molar refractivity (Wildman–Crippen MR) is 540 cm³/mol. The van der Waals surface area contributed by atoms with Crippen LogP contribution in [0.4, 0.5) is 0 Å². The first-order chi connectivity index (χ1) is 67.9. The van der Waals surface area contributed by atoms with Crippen LogP contribution >= 0.6 is 0 Å². The van der Waals surface area contributed by atoms with Gasteiger partial charge >= 0.3 is 60.7 Å². The number of hydrogen-bond donors (Lipinski definition) is 0. The summed E-state index contributed by atoms with van der Waals surface area (Å²) in [5.41, 5.74) is 9.60. The van der Waals surface area contributed by atoms with Gasteiger partial charge in [-0.15, -0.1) is 0 Å². The van der Waals surface area contributed by atoms with Gasteiger partial charge in [-0.25, -0.2) is 0 Å². The Morgan fingerprint density at radius 1 is 0.254 bits per heavy atom. The number of benzene rings is 7. The number of rotatable bonds is 30. The number of epoxide rings is 6. The third-order valence-corrected chi connectivity index (χ3v) is 45.4. The minimum absolute atomic E-state index is 0.0277. The normalized spacial score (nSPS) is 34.9. The molecule has 142 heavy (non-hydrogen) atoms. The molecule has 10 aliphatic carbocycles. The lowest BCUT2D eigenvalue weighted by atomic mass is 9.71. The number of ether oxygens (including phenoxy) is 7. The van der Waals surface area contributed by atoms with Crippen molar-refractivity contribution in [1.82, 2.24) is 0 Å². The van der Waals surface area contributed by atoms with Crippen molar-refractivity contribution in [2.24, 2.45) is 47.3 Å². The highest BCUT2D eigenvalue weighted by Crippen LogP contribution is 2.67. The molecule has 9 saturated carbocycles. The summed E-state index contributed by atoms with van der Waals surface area (Å²) in [4.78, 5) is 0.229. The molecule has 7 aromatic carbocycles. The van der Waals surface area contributed by atoms with Gasteiger partial charge in [-0.1, -0.05) is 162 Å². The van der Waals surface area contributed by atoms with E-state index in [4.69, 9.17) is 58.3 Å². The molecule has 0 N–H and O–H groups in total. The zero-order valence-electron chi connectivity index (χ0n) is 83.5. The zero-order chi connectivity index (χ0) is 99.7. The van der Waals surface area contributed by atoms with Crippen molar-refractivity contribution in [3.8, 4) is 34.5 Å². The second kappa shape index (κ2) is 40.7. The maximum Gasteiger partial charge on any atom is 0.339 e. The lowest BCUT2D eigenvalue weighted by Crippen LogP contribution is -2.39. The molecule has 0 aromatic heterocycles. The van der Waals surface area contributed by atoms with Gasteiger partial charge in [0.1, 0.15) is 73.5 Å². The summed E-state index contributed by atoms with van der Waals surface area (Å²) in [6, 6.07) is 49.9. The van der Waals surface area contributed by atoms with Gasteiger partial charge in [-0.3, -0.25) is 0 Å². The average Bonchev–Trinajstić information content (AvgIpc) is 1.54. The highest BCUT2D eigenvalue weighted by atomic mass is 32.2. The largest absolute Gasteiger partial charge is 0.382 e. The van der Waals surface area contributed by atoms with Crippen LogP contribution in [0.15, 0.2) is 169 Å². The van der Waals surface area contributed by atoms with Crippen LogP contribution in [0.25, 0.3) is 0 Å². The van der Waals surface area contributed by atoms with E-state index in [-0.39, 0.29) is 64.0 Å². The van der Waals surface area contributed by atoms with E-state index in [0.717, 1.165) is 115 Å².